The standard InChI is InChI=1S/C11H17N3O/c1-4-10(15)9(8(2)3)7-14-11-12-5-6-13-11/h4,7-9H,1,5-6H2,2-3H3,(H,12,13). The van der Waals surface area contributed by atoms with Gasteiger partial charge in [-0.1, -0.05) is 20.4 Å². The lowest BCUT2D eigenvalue weighted by Gasteiger charge is -2.12. The van der Waals surface area contributed by atoms with Gasteiger partial charge < -0.3 is 5.32 Å². The van der Waals surface area contributed by atoms with E-state index in [4.69, 9.17) is 0 Å². The summed E-state index contributed by atoms with van der Waals surface area (Å²) in [5, 5.41) is 3.02. The van der Waals surface area contributed by atoms with Crippen LogP contribution in [0.3, 0.4) is 0 Å². The van der Waals surface area contributed by atoms with E-state index in [1.807, 2.05) is 13.8 Å². The summed E-state index contributed by atoms with van der Waals surface area (Å²) in [4.78, 5) is 19.8. The van der Waals surface area contributed by atoms with E-state index in [0.717, 1.165) is 13.1 Å². The Kier molecular flexibility index (Phi) is 4.21. The summed E-state index contributed by atoms with van der Waals surface area (Å²) < 4.78 is 0. The maximum absolute atomic E-state index is 11.5. The smallest absolute Gasteiger partial charge is 0.217 e. The lowest BCUT2D eigenvalue weighted by molar-refractivity contribution is -0.117. The molecule has 0 aromatic rings. The van der Waals surface area contributed by atoms with Crippen LogP contribution >= 0.6 is 0 Å². The van der Waals surface area contributed by atoms with Crippen LogP contribution in [-0.4, -0.2) is 31.0 Å². The SMILES string of the molecule is C=CC(=O)C(C=NC1=NCCN1)C(C)C. The monoisotopic (exact) mass is 207 g/mol. The van der Waals surface area contributed by atoms with Crippen LogP contribution in [0, 0.1) is 11.8 Å². The van der Waals surface area contributed by atoms with Crippen molar-refractivity contribution < 1.29 is 4.79 Å². The molecule has 1 unspecified atom stereocenters. The molecule has 0 aliphatic carbocycles. The van der Waals surface area contributed by atoms with Crippen molar-refractivity contribution in [1.82, 2.24) is 5.32 Å². The molecule has 0 saturated heterocycles. The second-order valence-corrected chi connectivity index (χ2v) is 3.79. The van der Waals surface area contributed by atoms with Crippen LogP contribution in [0.15, 0.2) is 22.6 Å². The third-order valence-electron chi connectivity index (χ3n) is 2.26. The first kappa shape index (κ1) is 11.6. The van der Waals surface area contributed by atoms with Crippen LogP contribution < -0.4 is 5.32 Å². The zero-order valence-corrected chi connectivity index (χ0v) is 9.23. The van der Waals surface area contributed by atoms with E-state index >= 15 is 0 Å². The predicted octanol–water partition coefficient (Wildman–Crippen LogP) is 1.04. The molecule has 1 aliphatic heterocycles. The first-order valence-corrected chi connectivity index (χ1v) is 5.14. The third-order valence-corrected chi connectivity index (χ3v) is 2.26. The minimum atomic E-state index is -0.201. The first-order chi connectivity index (χ1) is 7.15. The molecule has 4 nitrogen and oxygen atoms in total. The average Bonchev–Trinajstić information content (AvgIpc) is 2.70. The minimum Gasteiger partial charge on any atom is -0.353 e. The van der Waals surface area contributed by atoms with Gasteiger partial charge in [-0.25, -0.2) is 9.98 Å². The van der Waals surface area contributed by atoms with E-state index < -0.39 is 0 Å². The zero-order valence-electron chi connectivity index (χ0n) is 9.23. The summed E-state index contributed by atoms with van der Waals surface area (Å²) in [7, 11) is 0. The zero-order chi connectivity index (χ0) is 11.3. The van der Waals surface area contributed by atoms with Crippen molar-refractivity contribution in [2.75, 3.05) is 13.1 Å². The number of carbonyl (C=O) groups is 1. The highest BCUT2D eigenvalue weighted by molar-refractivity contribution is 6.04. The average molecular weight is 207 g/mol. The summed E-state index contributed by atoms with van der Waals surface area (Å²) in [5.41, 5.74) is 0. The Balaban J connectivity index is 2.65. The summed E-state index contributed by atoms with van der Waals surface area (Å²) in [6.07, 6.45) is 3.01. The summed E-state index contributed by atoms with van der Waals surface area (Å²) in [5.74, 6) is 0.652. The number of carbonyl (C=O) groups excluding carboxylic acids is 1. The molecule has 1 N–H and O–H groups in total. The molecule has 82 valence electrons. The highest BCUT2D eigenvalue weighted by Gasteiger charge is 2.17. The molecule has 0 radical (unpaired) electrons. The molecule has 4 heteroatoms. The fourth-order valence-corrected chi connectivity index (χ4v) is 1.33. The van der Waals surface area contributed by atoms with E-state index in [0.29, 0.717) is 5.96 Å². The van der Waals surface area contributed by atoms with Gasteiger partial charge in [0.2, 0.25) is 5.96 Å². The summed E-state index contributed by atoms with van der Waals surface area (Å²) in [6, 6.07) is 0. The van der Waals surface area contributed by atoms with Gasteiger partial charge in [0, 0.05) is 12.8 Å². The fourth-order valence-electron chi connectivity index (χ4n) is 1.33. The Morgan fingerprint density at radius 2 is 2.40 bits per heavy atom. The van der Waals surface area contributed by atoms with Crippen molar-refractivity contribution in [2.45, 2.75) is 13.8 Å². The lowest BCUT2D eigenvalue weighted by Crippen LogP contribution is -2.22. The second-order valence-electron chi connectivity index (χ2n) is 3.79. The molecular formula is C11H17N3O. The van der Waals surface area contributed by atoms with Crippen molar-refractivity contribution in [3.8, 4) is 0 Å². The highest BCUT2D eigenvalue weighted by Crippen LogP contribution is 2.10. The van der Waals surface area contributed by atoms with E-state index in [1.54, 1.807) is 6.21 Å². The first-order valence-electron chi connectivity index (χ1n) is 5.14. The van der Waals surface area contributed by atoms with Crippen molar-refractivity contribution in [3.05, 3.63) is 12.7 Å². The van der Waals surface area contributed by atoms with E-state index in [2.05, 4.69) is 21.9 Å². The Morgan fingerprint density at radius 3 is 2.87 bits per heavy atom. The van der Waals surface area contributed by atoms with Crippen LogP contribution in [0.25, 0.3) is 0 Å². The Labute approximate surface area is 90.2 Å². The molecule has 15 heavy (non-hydrogen) atoms. The van der Waals surface area contributed by atoms with Crippen LogP contribution in [0.4, 0.5) is 0 Å². The lowest BCUT2D eigenvalue weighted by atomic mass is 9.93. The Morgan fingerprint density at radius 1 is 1.67 bits per heavy atom. The van der Waals surface area contributed by atoms with Gasteiger partial charge in [0.1, 0.15) is 0 Å². The number of ketones is 1. The van der Waals surface area contributed by atoms with Gasteiger partial charge in [-0.2, -0.15) is 0 Å². The molecule has 1 aliphatic rings. The third kappa shape index (κ3) is 3.31. The molecule has 1 heterocycles. The molecule has 0 spiro atoms. The van der Waals surface area contributed by atoms with Crippen molar-refractivity contribution in [1.29, 1.82) is 0 Å². The number of rotatable bonds is 4. The number of allylic oxidation sites excluding steroid dienone is 1. The minimum absolute atomic E-state index is 0.00680. The molecule has 0 aromatic carbocycles. The van der Waals surface area contributed by atoms with Crippen LogP contribution in [-0.2, 0) is 4.79 Å². The van der Waals surface area contributed by atoms with Crippen LogP contribution in [0.1, 0.15) is 13.8 Å². The molecule has 0 bridgehead atoms. The van der Waals surface area contributed by atoms with E-state index in [-0.39, 0.29) is 17.6 Å². The maximum atomic E-state index is 11.5. The maximum Gasteiger partial charge on any atom is 0.217 e. The van der Waals surface area contributed by atoms with Crippen molar-refractivity contribution in [3.63, 3.8) is 0 Å². The van der Waals surface area contributed by atoms with Gasteiger partial charge in [-0.05, 0) is 12.0 Å². The van der Waals surface area contributed by atoms with Gasteiger partial charge in [-0.15, -0.1) is 0 Å². The van der Waals surface area contributed by atoms with Crippen LogP contribution in [0.5, 0.6) is 0 Å². The fraction of sp³-hybridized carbons (Fsp3) is 0.545. The molecule has 0 saturated carbocycles. The quantitative estimate of drug-likeness (QED) is 0.553. The topological polar surface area (TPSA) is 53.8 Å². The number of aliphatic imine (C=N–C) groups is 2. The van der Waals surface area contributed by atoms with Gasteiger partial charge in [0.05, 0.1) is 12.5 Å². The van der Waals surface area contributed by atoms with Crippen molar-refractivity contribution >= 4 is 18.0 Å². The molecular weight excluding hydrogens is 190 g/mol. The van der Waals surface area contributed by atoms with Gasteiger partial charge in [-0.3, -0.25) is 4.79 Å². The largest absolute Gasteiger partial charge is 0.353 e. The molecule has 1 rings (SSSR count). The van der Waals surface area contributed by atoms with Crippen LogP contribution in [0.2, 0.25) is 0 Å². The summed E-state index contributed by atoms with van der Waals surface area (Å²) >= 11 is 0. The molecule has 1 atom stereocenters. The number of guanidine groups is 1. The van der Waals surface area contributed by atoms with Gasteiger partial charge in [0.25, 0.3) is 0 Å². The molecule has 0 fully saturated rings. The number of nitrogens with zero attached hydrogens (tertiary/aromatic N) is 2. The van der Waals surface area contributed by atoms with E-state index in [1.165, 1.54) is 6.08 Å². The second kappa shape index (κ2) is 5.44. The van der Waals surface area contributed by atoms with Crippen molar-refractivity contribution in [2.24, 2.45) is 21.8 Å². The normalized spacial score (nSPS) is 17.7. The Hall–Kier alpha value is -1.45. The van der Waals surface area contributed by atoms with Gasteiger partial charge >= 0.3 is 0 Å². The number of hydrogen-bond donors (Lipinski definition) is 1. The molecule has 0 aromatic heterocycles. The van der Waals surface area contributed by atoms with E-state index in [9.17, 15) is 4.79 Å². The number of nitrogens with one attached hydrogen (secondary N) is 1. The number of hydrogen-bond acceptors (Lipinski definition) is 4. The summed E-state index contributed by atoms with van der Waals surface area (Å²) in [6.45, 7) is 9.05. The molecule has 0 amide bonds. The highest BCUT2D eigenvalue weighted by atomic mass is 16.1. The van der Waals surface area contributed by atoms with Gasteiger partial charge in [0.15, 0.2) is 5.78 Å². The predicted molar refractivity (Wildman–Crippen MR) is 62.3 cm³/mol. The Bertz CT molecular complexity index is 305.